The summed E-state index contributed by atoms with van der Waals surface area (Å²) in [5.74, 6) is 4.43. The van der Waals surface area contributed by atoms with Gasteiger partial charge in [-0.1, -0.05) is 312 Å². The van der Waals surface area contributed by atoms with Crippen molar-refractivity contribution >= 4 is 58.7 Å². The van der Waals surface area contributed by atoms with Gasteiger partial charge in [0.2, 0.25) is 0 Å². The molecule has 0 amide bonds. The molecule has 0 aliphatic carbocycles. The smallest absolute Gasteiger partial charge is 0.394 e. The summed E-state index contributed by atoms with van der Waals surface area (Å²) in [5, 5.41) is 7.87. The summed E-state index contributed by atoms with van der Waals surface area (Å²) < 4.78 is 55.4. The maximum atomic E-state index is 14.7. The van der Waals surface area contributed by atoms with Gasteiger partial charge in [0.1, 0.15) is 23.0 Å². The molecule has 2 aliphatic heterocycles. The second kappa shape index (κ2) is 32.0. The number of rotatable bonds is 16. The van der Waals surface area contributed by atoms with Crippen LogP contribution in [0.15, 0.2) is 170 Å². The van der Waals surface area contributed by atoms with E-state index >= 15 is 0 Å². The van der Waals surface area contributed by atoms with E-state index < -0.39 is 15.6 Å². The zero-order valence-electron chi connectivity index (χ0n) is 69.6. The molecule has 0 fully saturated rings. The Morgan fingerprint density at radius 3 is 0.523 bits per heavy atom. The monoisotopic (exact) mass is 1570 g/mol. The summed E-state index contributed by atoms with van der Waals surface area (Å²) >= 11 is 0. The van der Waals surface area contributed by atoms with Crippen molar-refractivity contribution in [1.82, 2.24) is 0 Å². The topological polar surface area (TPSA) is 112 Å². The van der Waals surface area contributed by atoms with Crippen LogP contribution in [0.25, 0.3) is 110 Å². The van der Waals surface area contributed by atoms with Crippen molar-refractivity contribution in [1.29, 1.82) is 0 Å². The number of phosphoric ester groups is 2. The zero-order chi connectivity index (χ0) is 79.3. The first kappa shape index (κ1) is 82.2. The Kier molecular flexibility index (Phi) is 23.7. The van der Waals surface area contributed by atoms with Crippen molar-refractivity contribution in [3.8, 4) is 89.8 Å². The number of benzene rings is 12. The second-order valence-electron chi connectivity index (χ2n) is 34.9. The Labute approximate surface area is 671 Å². The van der Waals surface area contributed by atoms with Crippen molar-refractivity contribution in [2.45, 2.75) is 237 Å². The normalized spacial score (nSPS) is 13.8. The Morgan fingerprint density at radius 2 is 0.378 bits per heavy atom. The van der Waals surface area contributed by atoms with Crippen LogP contribution in [0.1, 0.15) is 304 Å². The third kappa shape index (κ3) is 15.5. The molecule has 111 heavy (non-hydrogen) atoms. The fraction of sp³-hybridized carbons (Fsp3) is 0.360. The summed E-state index contributed by atoms with van der Waals surface area (Å²) in [6.07, 6.45) is 0. The van der Waals surface area contributed by atoms with Crippen molar-refractivity contribution in [2.75, 3.05) is 0 Å². The van der Waals surface area contributed by atoms with Gasteiger partial charge in [0.15, 0.2) is 0 Å². The van der Waals surface area contributed by atoms with Crippen LogP contribution >= 0.6 is 15.6 Å². The molecular weight excluding hydrogens is 1450 g/mol. The van der Waals surface area contributed by atoms with Gasteiger partial charge in [-0.2, -0.15) is 0 Å². The van der Waals surface area contributed by atoms with Crippen LogP contribution in [-0.2, 0) is 26.2 Å². The average molecular weight is 1570 g/mol. The van der Waals surface area contributed by atoms with Crippen molar-refractivity contribution < 1.29 is 54.1 Å². The molecule has 12 aromatic carbocycles. The van der Waals surface area contributed by atoms with E-state index in [2.05, 4.69) is 312 Å². The van der Waals surface area contributed by atoms with E-state index in [0.29, 0.717) is 46.7 Å². The summed E-state index contributed by atoms with van der Waals surface area (Å²) in [6, 6.07) is 60.6. The van der Waals surface area contributed by atoms with Crippen LogP contribution in [0.5, 0.6) is 23.0 Å². The van der Waals surface area contributed by atoms with E-state index in [1.54, 1.807) is 0 Å². The molecule has 0 spiro atoms. The largest absolute Gasteiger partial charge is 0.584 e. The zero-order valence-corrected chi connectivity index (χ0v) is 72.4. The summed E-state index contributed by atoms with van der Waals surface area (Å²) in [5.41, 5.74) is 25.3. The summed E-state index contributed by atoms with van der Waals surface area (Å²) in [7, 11) is -9.50. The summed E-state index contributed by atoms with van der Waals surface area (Å²) in [6.45, 7) is 53.5. The predicted molar refractivity (Wildman–Crippen MR) is 467 cm³/mol. The van der Waals surface area contributed by atoms with Gasteiger partial charge in [-0.25, -0.2) is 9.13 Å². The molecule has 14 rings (SSSR count). The Bertz CT molecular complexity index is 4900. The van der Waals surface area contributed by atoms with Gasteiger partial charge in [0.25, 0.3) is 0 Å². The van der Waals surface area contributed by atoms with Gasteiger partial charge in [0.05, 0.1) is 0 Å². The molecule has 2 heterocycles. The SMILES string of the molecule is CC(C)c1cc(C(C)C)c(-c2cc3ccccc3c3c2OP(=O)(O)Oc2c(-c4c(C(C)C)cc(C(C)C)cc4C(C)C)cc4ccccc4c2-3)c(C(C)C)c1.CC(C)c1cc(C(C)C)c(-c2cc3ccccc3c3c2OP(=O)(O)Oc2c(-c4c(C(C)C)cc(C(C)C)cc4C(C)C)cc4ccccc4c2-3)c(C(C)C)c1.[Cu]. The van der Waals surface area contributed by atoms with Crippen molar-refractivity contribution in [3.63, 3.8) is 0 Å². The van der Waals surface area contributed by atoms with Gasteiger partial charge < -0.3 is 18.1 Å². The number of phosphoric acid groups is 2. The fourth-order valence-electron chi connectivity index (χ4n) is 17.0. The van der Waals surface area contributed by atoms with Gasteiger partial charge in [0, 0.05) is 61.6 Å². The first-order valence-corrected chi connectivity index (χ1v) is 43.4. The standard InChI is InChI=1S/2C50H57O4P.Cu/c2*1-27(2)35-23-39(29(5)6)45(40(24-35)30(7)8)43-21-33-17-13-15-19-37(33)47-48-38-20-16-14-18-34(38)22-44(50(48)54-55(51,52)53-49(43)47)46-41(31(9)10)25-36(28(3)4)26-42(46)32(11)12;/h2*13-32H,1-12H3,(H,51,52);. The third-order valence-electron chi connectivity index (χ3n) is 22.9. The van der Waals surface area contributed by atoms with Crippen molar-refractivity contribution in [3.05, 3.63) is 237 Å². The quantitative estimate of drug-likeness (QED) is 0.0727. The van der Waals surface area contributed by atoms with Crippen LogP contribution in [0.2, 0.25) is 0 Å². The van der Waals surface area contributed by atoms with Gasteiger partial charge >= 0.3 is 15.6 Å². The number of fused-ring (bicyclic) bond motifs is 14. The van der Waals surface area contributed by atoms with E-state index in [4.69, 9.17) is 18.1 Å². The second-order valence-corrected chi connectivity index (χ2v) is 37.5. The third-order valence-corrected chi connectivity index (χ3v) is 24.6. The van der Waals surface area contributed by atoms with E-state index in [9.17, 15) is 18.9 Å². The maximum absolute atomic E-state index is 14.7. The van der Waals surface area contributed by atoms with E-state index in [1.807, 2.05) is 24.3 Å². The Morgan fingerprint density at radius 1 is 0.225 bits per heavy atom. The molecular formula is C100H114CuO8P2. The minimum Gasteiger partial charge on any atom is -0.394 e. The molecule has 0 bridgehead atoms. The minimum atomic E-state index is -4.75. The molecule has 0 unspecified atom stereocenters. The molecule has 2 N–H and O–H groups in total. The maximum Gasteiger partial charge on any atom is 0.584 e. The van der Waals surface area contributed by atoms with Crippen LogP contribution < -0.4 is 18.1 Å². The first-order chi connectivity index (χ1) is 52.0. The fourth-order valence-corrected chi connectivity index (χ4v) is 18.8. The van der Waals surface area contributed by atoms with Gasteiger partial charge in [-0.3, -0.25) is 9.79 Å². The molecule has 1 radical (unpaired) electrons. The molecule has 11 heteroatoms. The van der Waals surface area contributed by atoms with E-state index in [-0.39, 0.29) is 64.4 Å². The van der Waals surface area contributed by atoms with Crippen LogP contribution in [0.3, 0.4) is 0 Å². The first-order valence-electron chi connectivity index (χ1n) is 40.4. The molecule has 0 saturated carbocycles. The molecule has 8 nitrogen and oxygen atoms in total. The Balaban J connectivity index is 0.000000204. The summed E-state index contributed by atoms with van der Waals surface area (Å²) in [4.78, 5) is 24.0. The van der Waals surface area contributed by atoms with Crippen molar-refractivity contribution in [2.24, 2.45) is 0 Å². The van der Waals surface area contributed by atoms with Gasteiger partial charge in [-0.05, 0) is 227 Å². The molecule has 12 aromatic rings. The molecule has 583 valence electrons. The average Bonchev–Trinajstić information content (AvgIpc) is 1.66. The predicted octanol–water partition coefficient (Wildman–Crippen LogP) is 31.2. The minimum absolute atomic E-state index is 0. The molecule has 0 aromatic heterocycles. The van der Waals surface area contributed by atoms with Crippen LogP contribution in [-0.4, -0.2) is 9.79 Å². The van der Waals surface area contributed by atoms with Crippen LogP contribution in [0, 0.1) is 0 Å². The van der Waals surface area contributed by atoms with Crippen LogP contribution in [0.4, 0.5) is 0 Å². The molecule has 2 aliphatic rings. The number of hydrogen-bond donors (Lipinski definition) is 2. The number of hydrogen-bond acceptors (Lipinski definition) is 6. The molecule has 0 saturated heterocycles. The Hall–Kier alpha value is -8.22. The van der Waals surface area contributed by atoms with Gasteiger partial charge in [-0.15, -0.1) is 0 Å². The van der Waals surface area contributed by atoms with E-state index in [0.717, 1.165) is 110 Å². The van der Waals surface area contributed by atoms with E-state index in [1.165, 1.54) is 66.8 Å². The molecule has 0 atom stereocenters.